The number of piperidine rings is 1. The second-order valence-electron chi connectivity index (χ2n) is 8.42. The lowest BCUT2D eigenvalue weighted by atomic mass is 9.48. The van der Waals surface area contributed by atoms with E-state index in [-0.39, 0.29) is 60.7 Å². The van der Waals surface area contributed by atoms with Crippen molar-refractivity contribution in [1.82, 2.24) is 10.2 Å². The zero-order valence-electron chi connectivity index (χ0n) is 16.5. The van der Waals surface area contributed by atoms with E-state index >= 15 is 0 Å². The number of phenolic OH excluding ortho intramolecular Hbond substituents is 1. The van der Waals surface area contributed by atoms with Gasteiger partial charge in [-0.25, -0.2) is 0 Å². The van der Waals surface area contributed by atoms with E-state index in [0.717, 1.165) is 37.8 Å². The minimum absolute atomic E-state index is 0. The van der Waals surface area contributed by atoms with Crippen LogP contribution in [0.25, 0.3) is 0 Å². The normalized spacial score (nSPS) is 36.3. The van der Waals surface area contributed by atoms with Crippen molar-refractivity contribution in [2.45, 2.75) is 54.9 Å². The lowest BCUT2D eigenvalue weighted by Gasteiger charge is -2.65. The number of aromatic hydroxyl groups is 1. The lowest BCUT2D eigenvalue weighted by Crippen LogP contribution is -2.78. The highest BCUT2D eigenvalue weighted by Crippen LogP contribution is 2.66. The Morgan fingerprint density at radius 3 is 2.83 bits per heavy atom. The number of benzene rings is 1. The van der Waals surface area contributed by atoms with Gasteiger partial charge in [0.1, 0.15) is 6.10 Å². The number of likely N-dealkylation sites (tertiary alicyclic amines) is 1. The fraction of sp³-hybridized carbons (Fsp3) is 0.650. The van der Waals surface area contributed by atoms with Crippen LogP contribution in [0.15, 0.2) is 12.1 Å². The van der Waals surface area contributed by atoms with Gasteiger partial charge < -0.3 is 29.9 Å². The van der Waals surface area contributed by atoms with E-state index in [1.807, 2.05) is 6.07 Å². The van der Waals surface area contributed by atoms with Gasteiger partial charge in [-0.2, -0.15) is 0 Å². The van der Waals surface area contributed by atoms with Crippen molar-refractivity contribution in [1.29, 1.82) is 0 Å². The quantitative estimate of drug-likeness (QED) is 0.648. The molecule has 9 heteroatoms. The smallest absolute Gasteiger partial charge is 0.317 e. The number of hydrogen-bond acceptors (Lipinski definition) is 6. The molecular weight excluding hydrogens is 419 g/mol. The summed E-state index contributed by atoms with van der Waals surface area (Å²) in [7, 11) is 3.95. The topological polar surface area (TPSA) is 91.3 Å². The van der Waals surface area contributed by atoms with E-state index in [1.54, 1.807) is 13.2 Å². The van der Waals surface area contributed by atoms with Crippen LogP contribution in [0.3, 0.4) is 0 Å². The first-order chi connectivity index (χ1) is 12.9. The first-order valence-corrected chi connectivity index (χ1v) is 9.67. The average Bonchev–Trinajstić information content (AvgIpc) is 3.01. The van der Waals surface area contributed by atoms with E-state index < -0.39 is 11.6 Å². The monoisotopic (exact) mass is 446 g/mol. The molecule has 0 amide bonds. The van der Waals surface area contributed by atoms with Gasteiger partial charge in [0.15, 0.2) is 11.5 Å². The van der Waals surface area contributed by atoms with E-state index in [2.05, 4.69) is 17.3 Å². The molecule has 1 saturated carbocycles. The molecule has 2 bridgehead atoms. The van der Waals surface area contributed by atoms with Crippen LogP contribution in [0.4, 0.5) is 0 Å². The second-order valence-corrected chi connectivity index (χ2v) is 8.42. The summed E-state index contributed by atoms with van der Waals surface area (Å²) in [5.41, 5.74) is 1.56. The molecule has 5 atom stereocenters. The molecule has 2 aliphatic carbocycles. The Hall–Kier alpha value is -1.25. The summed E-state index contributed by atoms with van der Waals surface area (Å²) in [5, 5.41) is 22.9. The van der Waals surface area contributed by atoms with Crippen molar-refractivity contribution in [2.75, 3.05) is 27.2 Å². The zero-order chi connectivity index (χ0) is 19.0. The summed E-state index contributed by atoms with van der Waals surface area (Å²) in [6.07, 6.45) is 3.11. The highest BCUT2D eigenvalue weighted by Gasteiger charge is 2.73. The van der Waals surface area contributed by atoms with Crippen molar-refractivity contribution in [3.8, 4) is 11.5 Å². The number of nitrogens with zero attached hydrogens (tertiary/aromatic N) is 1. The molecule has 4 aliphatic rings. The molecule has 3 N–H and O–H groups in total. The average molecular weight is 447 g/mol. The van der Waals surface area contributed by atoms with Gasteiger partial charge in [0.25, 0.3) is 0 Å². The molecule has 1 aromatic rings. The maximum atomic E-state index is 11.1. The van der Waals surface area contributed by atoms with Crippen LogP contribution in [0.1, 0.15) is 30.4 Å². The van der Waals surface area contributed by atoms with Crippen LogP contribution in [0, 0.1) is 0 Å². The molecule has 0 radical (unpaired) electrons. The van der Waals surface area contributed by atoms with Crippen LogP contribution < -0.4 is 10.1 Å². The minimum Gasteiger partial charge on any atom is -0.504 e. The Bertz CT molecular complexity index is 824. The van der Waals surface area contributed by atoms with Gasteiger partial charge in [0, 0.05) is 24.8 Å². The second kappa shape index (κ2) is 7.46. The first kappa shape index (κ1) is 22.4. The number of carbonyl (C=O) groups is 1. The maximum Gasteiger partial charge on any atom is 0.317 e. The van der Waals surface area contributed by atoms with Gasteiger partial charge in [0.2, 0.25) is 0 Å². The number of ether oxygens (including phenoxy) is 2. The van der Waals surface area contributed by atoms with Gasteiger partial charge in [-0.15, -0.1) is 24.8 Å². The van der Waals surface area contributed by atoms with E-state index in [1.165, 1.54) is 5.56 Å². The fourth-order valence-corrected chi connectivity index (χ4v) is 6.57. The molecule has 7 nitrogen and oxygen atoms in total. The molecule has 1 aromatic carbocycles. The number of nitrogens with one attached hydrogen (secondary N) is 1. The number of likely N-dealkylation sites (N-methyl/N-ethyl adjacent to an activating group) is 1. The highest BCUT2D eigenvalue weighted by atomic mass is 35.5. The maximum absolute atomic E-state index is 11.1. The summed E-state index contributed by atoms with van der Waals surface area (Å²) in [5.74, 6) is -0.136. The Kier molecular flexibility index (Phi) is 5.77. The minimum atomic E-state index is -0.875. The van der Waals surface area contributed by atoms with Crippen molar-refractivity contribution in [3.05, 3.63) is 23.3 Å². The standard InChI is InChI=1S/C20H26N2O5.2ClH/c1-22-8-7-19-16-11-3-4-13(23)17(16)27-18(19)12(21-10-15(24)25)5-6-20(19,26-2)14(22)9-11;;/h3-4,12,14,18,21,23H,5-10H2,1-2H3,(H,24,25);2*1H/t12-,14?,18+,19?,20-;;/m1../s1. The first-order valence-electron chi connectivity index (χ1n) is 9.67. The third-order valence-corrected chi connectivity index (χ3v) is 7.57. The van der Waals surface area contributed by atoms with Gasteiger partial charge in [-0.3, -0.25) is 4.79 Å². The molecule has 2 heterocycles. The molecular formula is C20H28Cl2N2O5. The van der Waals surface area contributed by atoms with Gasteiger partial charge in [-0.1, -0.05) is 6.07 Å². The van der Waals surface area contributed by atoms with Gasteiger partial charge >= 0.3 is 5.97 Å². The van der Waals surface area contributed by atoms with Crippen LogP contribution >= 0.6 is 24.8 Å². The number of halogens is 2. The number of carboxylic acid groups (broad SMARTS) is 1. The SMILES string of the molecule is CO[C@@]12CC[C@@H](NCC(=O)O)[C@@H]3Oc4c(O)ccc5c4C31CCN(C)C2C5.Cl.Cl. The van der Waals surface area contributed by atoms with Crippen LogP contribution in [0.2, 0.25) is 0 Å². The highest BCUT2D eigenvalue weighted by molar-refractivity contribution is 5.85. The van der Waals surface area contributed by atoms with E-state index in [0.29, 0.717) is 5.75 Å². The molecule has 1 spiro atoms. The molecule has 2 aliphatic heterocycles. The molecule has 0 aromatic heterocycles. The number of aliphatic carboxylic acids is 1. The van der Waals surface area contributed by atoms with Crippen LogP contribution in [0.5, 0.6) is 11.5 Å². The fourth-order valence-electron chi connectivity index (χ4n) is 6.57. The van der Waals surface area contributed by atoms with E-state index in [9.17, 15) is 9.90 Å². The van der Waals surface area contributed by atoms with E-state index in [4.69, 9.17) is 14.6 Å². The Morgan fingerprint density at radius 2 is 2.14 bits per heavy atom. The molecule has 2 unspecified atom stereocenters. The number of hydrogen-bond donors (Lipinski definition) is 3. The summed E-state index contributed by atoms with van der Waals surface area (Å²) < 4.78 is 12.8. The molecule has 2 fully saturated rings. The van der Waals surface area contributed by atoms with Crippen molar-refractivity contribution in [3.63, 3.8) is 0 Å². The Morgan fingerprint density at radius 1 is 1.38 bits per heavy atom. The summed E-state index contributed by atoms with van der Waals surface area (Å²) in [6, 6.07) is 3.89. The van der Waals surface area contributed by atoms with Crippen molar-refractivity contribution >= 4 is 30.8 Å². The Labute approximate surface area is 182 Å². The van der Waals surface area contributed by atoms with Crippen LogP contribution in [-0.2, 0) is 21.4 Å². The third kappa shape index (κ3) is 2.64. The summed E-state index contributed by atoms with van der Waals surface area (Å²) in [4.78, 5) is 13.5. The number of rotatable bonds is 4. The molecule has 1 saturated heterocycles. The summed E-state index contributed by atoms with van der Waals surface area (Å²) in [6.45, 7) is 0.828. The predicted octanol–water partition coefficient (Wildman–Crippen LogP) is 1.72. The van der Waals surface area contributed by atoms with Crippen LogP contribution in [-0.4, -0.2) is 72.1 Å². The predicted molar refractivity (Wildman–Crippen MR) is 112 cm³/mol. The third-order valence-electron chi connectivity index (χ3n) is 7.57. The number of methoxy groups -OCH3 is 1. The number of carboxylic acids is 1. The number of phenols is 1. The van der Waals surface area contributed by atoms with Gasteiger partial charge in [-0.05, 0) is 50.9 Å². The molecule has 5 rings (SSSR count). The van der Waals surface area contributed by atoms with Gasteiger partial charge in [0.05, 0.1) is 17.6 Å². The largest absolute Gasteiger partial charge is 0.504 e. The Balaban J connectivity index is 0.00000120. The van der Waals surface area contributed by atoms with Crippen molar-refractivity contribution in [2.24, 2.45) is 0 Å². The molecule has 29 heavy (non-hydrogen) atoms. The van der Waals surface area contributed by atoms with Crippen molar-refractivity contribution < 1.29 is 24.5 Å². The lowest BCUT2D eigenvalue weighted by molar-refractivity contribution is -0.203. The zero-order valence-corrected chi connectivity index (χ0v) is 18.1. The summed E-state index contributed by atoms with van der Waals surface area (Å²) >= 11 is 0. The molecule has 162 valence electrons.